The summed E-state index contributed by atoms with van der Waals surface area (Å²) in [4.78, 5) is 25.8. The van der Waals surface area contributed by atoms with E-state index in [-0.39, 0.29) is 5.69 Å². The maximum atomic E-state index is 11.2. The number of carbonyl (C=O) groups excluding carboxylic acids is 1. The molecule has 2 rings (SSSR count). The summed E-state index contributed by atoms with van der Waals surface area (Å²) >= 11 is 0. The quantitative estimate of drug-likeness (QED) is 0.478. The van der Waals surface area contributed by atoms with Crippen LogP contribution in [0.5, 0.6) is 0 Å². The van der Waals surface area contributed by atoms with Crippen molar-refractivity contribution >= 4 is 17.7 Å². The Morgan fingerprint density at radius 2 is 2.00 bits per heavy atom. The van der Waals surface area contributed by atoms with Crippen LogP contribution in [-0.2, 0) is 0 Å². The van der Waals surface area contributed by atoms with Crippen molar-refractivity contribution in [3.05, 3.63) is 33.9 Å². The molecule has 6 nitrogen and oxygen atoms in total. The van der Waals surface area contributed by atoms with Crippen LogP contribution in [0, 0.1) is 10.1 Å². The highest BCUT2D eigenvalue weighted by Gasteiger charge is 2.23. The Morgan fingerprint density at radius 3 is 2.50 bits per heavy atom. The summed E-state index contributed by atoms with van der Waals surface area (Å²) in [6.45, 7) is 1.73. The monoisotopic (exact) mass is 277 g/mol. The van der Waals surface area contributed by atoms with E-state index >= 15 is 0 Å². The number of aldehydes is 1. The number of hydrogen-bond donors (Lipinski definition) is 0. The van der Waals surface area contributed by atoms with Crippen molar-refractivity contribution in [3.63, 3.8) is 0 Å². The lowest BCUT2D eigenvalue weighted by atomic mass is 10.0. The van der Waals surface area contributed by atoms with E-state index < -0.39 is 4.92 Å². The number of piperidine rings is 1. The topological polar surface area (TPSA) is 66.7 Å². The molecule has 6 heteroatoms. The van der Waals surface area contributed by atoms with Gasteiger partial charge in [0.05, 0.1) is 4.92 Å². The van der Waals surface area contributed by atoms with Crippen molar-refractivity contribution in [3.8, 4) is 0 Å². The first kappa shape index (κ1) is 14.5. The molecule has 1 aliphatic rings. The molecule has 20 heavy (non-hydrogen) atoms. The Labute approximate surface area is 118 Å². The zero-order valence-corrected chi connectivity index (χ0v) is 11.8. The average molecular weight is 277 g/mol. The molecule has 1 heterocycles. The fourth-order valence-corrected chi connectivity index (χ4v) is 2.66. The second-order valence-electron chi connectivity index (χ2n) is 5.30. The molecule has 0 radical (unpaired) electrons. The fourth-order valence-electron chi connectivity index (χ4n) is 2.66. The third kappa shape index (κ3) is 2.96. The van der Waals surface area contributed by atoms with Crippen LogP contribution >= 0.6 is 0 Å². The molecule has 0 amide bonds. The van der Waals surface area contributed by atoms with Crippen molar-refractivity contribution in [1.82, 2.24) is 4.90 Å². The van der Waals surface area contributed by atoms with E-state index in [0.29, 0.717) is 17.9 Å². The molecular formula is C14H19N3O3. The minimum atomic E-state index is -0.477. The van der Waals surface area contributed by atoms with Crippen LogP contribution < -0.4 is 4.90 Å². The van der Waals surface area contributed by atoms with Gasteiger partial charge in [-0.3, -0.25) is 14.9 Å². The van der Waals surface area contributed by atoms with Crippen LogP contribution in [0.1, 0.15) is 23.2 Å². The Morgan fingerprint density at radius 1 is 1.35 bits per heavy atom. The summed E-state index contributed by atoms with van der Waals surface area (Å²) in [5, 5.41) is 10.7. The summed E-state index contributed by atoms with van der Waals surface area (Å²) in [6.07, 6.45) is 2.75. The van der Waals surface area contributed by atoms with Gasteiger partial charge in [0, 0.05) is 42.5 Å². The molecule has 0 aliphatic carbocycles. The number of nitro groups is 1. The number of nitrogens with zero attached hydrogens (tertiary/aromatic N) is 3. The standard InChI is InChI=1S/C14H19N3O3/c1-15(2)12-5-7-16(8-6-12)14-4-3-13(17(19)20)9-11(14)10-18/h3-4,9-10,12H,5-8H2,1-2H3. The molecule has 1 saturated heterocycles. The zero-order chi connectivity index (χ0) is 14.7. The van der Waals surface area contributed by atoms with Crippen molar-refractivity contribution < 1.29 is 9.72 Å². The van der Waals surface area contributed by atoms with E-state index in [9.17, 15) is 14.9 Å². The molecule has 1 aliphatic heterocycles. The molecule has 1 fully saturated rings. The number of rotatable bonds is 4. The lowest BCUT2D eigenvalue weighted by Gasteiger charge is -2.36. The van der Waals surface area contributed by atoms with E-state index in [1.807, 2.05) is 0 Å². The molecule has 0 aromatic heterocycles. The number of hydrogen-bond acceptors (Lipinski definition) is 5. The van der Waals surface area contributed by atoms with Gasteiger partial charge in [0.2, 0.25) is 0 Å². The van der Waals surface area contributed by atoms with E-state index in [1.165, 1.54) is 12.1 Å². The zero-order valence-electron chi connectivity index (χ0n) is 11.8. The van der Waals surface area contributed by atoms with Crippen LogP contribution in [-0.4, -0.2) is 49.3 Å². The molecule has 0 bridgehead atoms. The van der Waals surface area contributed by atoms with Crippen LogP contribution in [0.25, 0.3) is 0 Å². The molecule has 108 valence electrons. The van der Waals surface area contributed by atoms with Gasteiger partial charge in [0.25, 0.3) is 5.69 Å². The molecule has 1 aromatic rings. The second kappa shape index (κ2) is 6.00. The Bertz CT molecular complexity index is 508. The third-order valence-electron chi connectivity index (χ3n) is 3.88. The molecule has 1 aromatic carbocycles. The third-order valence-corrected chi connectivity index (χ3v) is 3.88. The van der Waals surface area contributed by atoms with Gasteiger partial charge < -0.3 is 9.80 Å². The van der Waals surface area contributed by atoms with Crippen molar-refractivity contribution in [1.29, 1.82) is 0 Å². The summed E-state index contributed by atoms with van der Waals surface area (Å²) in [5.41, 5.74) is 1.14. The lowest BCUT2D eigenvalue weighted by Crippen LogP contribution is -2.42. The highest BCUT2D eigenvalue weighted by molar-refractivity contribution is 5.86. The summed E-state index contributed by atoms with van der Waals surface area (Å²) in [5.74, 6) is 0. The number of carbonyl (C=O) groups is 1. The van der Waals surface area contributed by atoms with E-state index in [4.69, 9.17) is 0 Å². The number of benzene rings is 1. The predicted octanol–water partition coefficient (Wildman–Crippen LogP) is 1.94. The first-order valence-corrected chi connectivity index (χ1v) is 6.68. The Balaban J connectivity index is 2.17. The van der Waals surface area contributed by atoms with Crippen LogP contribution in [0.2, 0.25) is 0 Å². The predicted molar refractivity (Wildman–Crippen MR) is 77.4 cm³/mol. The fraction of sp³-hybridized carbons (Fsp3) is 0.500. The van der Waals surface area contributed by atoms with Crippen LogP contribution in [0.15, 0.2) is 18.2 Å². The molecular weight excluding hydrogens is 258 g/mol. The first-order chi connectivity index (χ1) is 9.52. The number of nitro benzene ring substituents is 1. The highest BCUT2D eigenvalue weighted by Crippen LogP contribution is 2.27. The lowest BCUT2D eigenvalue weighted by molar-refractivity contribution is -0.384. The van der Waals surface area contributed by atoms with E-state index in [0.717, 1.165) is 31.6 Å². The summed E-state index contributed by atoms with van der Waals surface area (Å²) in [6, 6.07) is 5.04. The normalized spacial score (nSPS) is 16.4. The van der Waals surface area contributed by atoms with E-state index in [1.54, 1.807) is 6.07 Å². The van der Waals surface area contributed by atoms with Gasteiger partial charge in [-0.15, -0.1) is 0 Å². The van der Waals surface area contributed by atoms with Gasteiger partial charge in [-0.25, -0.2) is 0 Å². The van der Waals surface area contributed by atoms with Gasteiger partial charge in [-0.2, -0.15) is 0 Å². The minimum absolute atomic E-state index is 0.0426. The molecule has 0 N–H and O–H groups in total. The Kier molecular flexibility index (Phi) is 4.34. The molecule has 0 atom stereocenters. The van der Waals surface area contributed by atoms with Gasteiger partial charge in [0.1, 0.15) is 0 Å². The Hall–Kier alpha value is -1.95. The number of anilines is 1. The van der Waals surface area contributed by atoms with E-state index in [2.05, 4.69) is 23.9 Å². The van der Waals surface area contributed by atoms with Crippen molar-refractivity contribution in [2.24, 2.45) is 0 Å². The van der Waals surface area contributed by atoms with Crippen molar-refractivity contribution in [2.45, 2.75) is 18.9 Å². The maximum Gasteiger partial charge on any atom is 0.270 e. The molecule has 0 unspecified atom stereocenters. The first-order valence-electron chi connectivity index (χ1n) is 6.68. The van der Waals surface area contributed by atoms with Crippen molar-refractivity contribution in [2.75, 3.05) is 32.1 Å². The molecule has 0 saturated carbocycles. The summed E-state index contributed by atoms with van der Waals surface area (Å²) in [7, 11) is 4.14. The van der Waals surface area contributed by atoms with Gasteiger partial charge >= 0.3 is 0 Å². The van der Waals surface area contributed by atoms with Gasteiger partial charge in [-0.1, -0.05) is 0 Å². The second-order valence-corrected chi connectivity index (χ2v) is 5.30. The van der Waals surface area contributed by atoms with Crippen LogP contribution in [0.4, 0.5) is 11.4 Å². The number of non-ortho nitro benzene ring substituents is 1. The highest BCUT2D eigenvalue weighted by atomic mass is 16.6. The van der Waals surface area contributed by atoms with Gasteiger partial charge in [0.15, 0.2) is 6.29 Å². The summed E-state index contributed by atoms with van der Waals surface area (Å²) < 4.78 is 0. The van der Waals surface area contributed by atoms with Gasteiger partial charge in [-0.05, 0) is 33.0 Å². The molecule has 0 spiro atoms. The van der Waals surface area contributed by atoms with Crippen LogP contribution in [0.3, 0.4) is 0 Å². The largest absolute Gasteiger partial charge is 0.371 e. The maximum absolute atomic E-state index is 11.2. The SMILES string of the molecule is CN(C)C1CCN(c2ccc([N+](=O)[O-])cc2C=O)CC1. The minimum Gasteiger partial charge on any atom is -0.371 e. The average Bonchev–Trinajstić information content (AvgIpc) is 2.46. The smallest absolute Gasteiger partial charge is 0.270 e.